The monoisotopic (exact) mass is 325 g/mol. The van der Waals surface area contributed by atoms with Crippen LogP contribution < -0.4 is 5.32 Å². The number of hydrogen-bond acceptors (Lipinski definition) is 2. The van der Waals surface area contributed by atoms with Crippen molar-refractivity contribution in [3.63, 3.8) is 0 Å². The molecule has 2 aromatic rings. The van der Waals surface area contributed by atoms with E-state index >= 15 is 0 Å². The fourth-order valence-corrected chi connectivity index (χ4v) is 3.78. The van der Waals surface area contributed by atoms with Gasteiger partial charge in [-0.3, -0.25) is 4.79 Å². The summed E-state index contributed by atoms with van der Waals surface area (Å²) < 4.78 is 0. The van der Waals surface area contributed by atoms with Crippen molar-refractivity contribution in [3.8, 4) is 0 Å². The van der Waals surface area contributed by atoms with Crippen LogP contribution >= 0.6 is 11.3 Å². The minimum atomic E-state index is -0.0271. The van der Waals surface area contributed by atoms with Crippen LogP contribution in [0.5, 0.6) is 0 Å². The smallest absolute Gasteiger partial charge is 0.244 e. The van der Waals surface area contributed by atoms with Crippen LogP contribution in [0.4, 0.5) is 0 Å². The summed E-state index contributed by atoms with van der Waals surface area (Å²) in [7, 11) is 0. The van der Waals surface area contributed by atoms with E-state index in [4.69, 9.17) is 0 Å². The van der Waals surface area contributed by atoms with Crippen LogP contribution in [0.2, 0.25) is 0 Å². The maximum atomic E-state index is 12.2. The maximum absolute atomic E-state index is 12.2. The summed E-state index contributed by atoms with van der Waals surface area (Å²) in [5, 5.41) is 7.18. The highest BCUT2D eigenvalue weighted by Gasteiger charge is 2.15. The van der Waals surface area contributed by atoms with E-state index < -0.39 is 0 Å². The quantitative estimate of drug-likeness (QED) is 0.778. The van der Waals surface area contributed by atoms with Crippen molar-refractivity contribution in [2.75, 3.05) is 0 Å². The summed E-state index contributed by atoms with van der Waals surface area (Å²) in [6.45, 7) is 2.12. The molecule has 0 fully saturated rings. The fraction of sp³-hybridized carbons (Fsp3) is 0.350. The summed E-state index contributed by atoms with van der Waals surface area (Å²) in [5.41, 5.74) is 5.26. The van der Waals surface area contributed by atoms with Crippen LogP contribution in [0.1, 0.15) is 54.5 Å². The highest BCUT2D eigenvalue weighted by Crippen LogP contribution is 2.26. The molecule has 23 heavy (non-hydrogen) atoms. The second kappa shape index (κ2) is 7.60. The van der Waals surface area contributed by atoms with E-state index in [1.807, 2.05) is 22.9 Å². The molecule has 0 bridgehead atoms. The standard InChI is InChI=1S/C20H23NOS/c1-2-19(21-20(22)10-7-15-11-12-23-14-15)18-9-8-16-5-3-4-6-17(16)13-18/h7-14,19H,2-6H2,1H3,(H,21,22)/b10-7+. The minimum Gasteiger partial charge on any atom is -0.346 e. The molecule has 1 heterocycles. The molecule has 1 aromatic heterocycles. The lowest BCUT2D eigenvalue weighted by atomic mass is 9.89. The van der Waals surface area contributed by atoms with Crippen LogP contribution in [-0.2, 0) is 17.6 Å². The van der Waals surface area contributed by atoms with Gasteiger partial charge in [0.05, 0.1) is 6.04 Å². The Hall–Kier alpha value is -1.87. The number of benzene rings is 1. The van der Waals surface area contributed by atoms with Crippen molar-refractivity contribution in [2.24, 2.45) is 0 Å². The molecule has 1 amide bonds. The van der Waals surface area contributed by atoms with Gasteiger partial charge in [0.15, 0.2) is 0 Å². The number of nitrogens with one attached hydrogen (secondary N) is 1. The van der Waals surface area contributed by atoms with Crippen molar-refractivity contribution in [1.29, 1.82) is 0 Å². The van der Waals surface area contributed by atoms with E-state index in [2.05, 4.69) is 30.4 Å². The van der Waals surface area contributed by atoms with E-state index in [0.29, 0.717) is 0 Å². The van der Waals surface area contributed by atoms with Gasteiger partial charge in [0.1, 0.15) is 0 Å². The van der Waals surface area contributed by atoms with Crippen molar-refractivity contribution in [3.05, 3.63) is 63.4 Å². The van der Waals surface area contributed by atoms with Gasteiger partial charge in [-0.15, -0.1) is 0 Å². The Morgan fingerprint density at radius 2 is 2.09 bits per heavy atom. The Kier molecular flexibility index (Phi) is 5.29. The van der Waals surface area contributed by atoms with Crippen molar-refractivity contribution in [2.45, 2.75) is 45.1 Å². The van der Waals surface area contributed by atoms with Crippen LogP contribution in [0.3, 0.4) is 0 Å². The lowest BCUT2D eigenvalue weighted by molar-refractivity contribution is -0.117. The zero-order valence-corrected chi connectivity index (χ0v) is 14.4. The molecule has 1 aromatic carbocycles. The van der Waals surface area contributed by atoms with E-state index in [0.717, 1.165) is 12.0 Å². The molecule has 0 saturated carbocycles. The molecule has 1 aliphatic carbocycles. The van der Waals surface area contributed by atoms with Gasteiger partial charge in [-0.05, 0) is 77.3 Å². The topological polar surface area (TPSA) is 29.1 Å². The fourth-order valence-electron chi connectivity index (χ4n) is 3.15. The van der Waals surface area contributed by atoms with E-state index in [1.54, 1.807) is 17.4 Å². The Morgan fingerprint density at radius 3 is 2.83 bits per heavy atom. The second-order valence-corrected chi connectivity index (χ2v) is 6.87. The molecule has 120 valence electrons. The maximum Gasteiger partial charge on any atom is 0.244 e. The summed E-state index contributed by atoms with van der Waals surface area (Å²) >= 11 is 1.64. The molecule has 3 rings (SSSR count). The molecular formula is C20H23NOS. The number of amides is 1. The van der Waals surface area contributed by atoms with Crippen LogP contribution in [-0.4, -0.2) is 5.91 Å². The number of carbonyl (C=O) groups excluding carboxylic acids is 1. The Bertz CT molecular complexity index is 688. The second-order valence-electron chi connectivity index (χ2n) is 6.09. The Balaban J connectivity index is 1.68. The Labute approximate surface area is 142 Å². The molecule has 1 aliphatic rings. The first-order valence-corrected chi connectivity index (χ1v) is 9.33. The van der Waals surface area contributed by atoms with Crippen molar-refractivity contribution in [1.82, 2.24) is 5.32 Å². The van der Waals surface area contributed by atoms with Gasteiger partial charge in [0.2, 0.25) is 5.91 Å². The third-order valence-electron chi connectivity index (χ3n) is 4.47. The van der Waals surface area contributed by atoms with Gasteiger partial charge in [0, 0.05) is 6.08 Å². The highest BCUT2D eigenvalue weighted by atomic mass is 32.1. The first-order chi connectivity index (χ1) is 11.3. The zero-order valence-electron chi connectivity index (χ0n) is 13.5. The molecule has 1 N–H and O–H groups in total. The summed E-state index contributed by atoms with van der Waals surface area (Å²) in [6.07, 6.45) is 9.34. The van der Waals surface area contributed by atoms with Crippen LogP contribution in [0, 0.1) is 0 Å². The highest BCUT2D eigenvalue weighted by molar-refractivity contribution is 7.08. The average Bonchev–Trinajstić information content (AvgIpc) is 3.11. The van der Waals surface area contributed by atoms with E-state index in [9.17, 15) is 4.79 Å². The first kappa shape index (κ1) is 16.0. The van der Waals surface area contributed by atoms with Gasteiger partial charge in [-0.25, -0.2) is 0 Å². The Morgan fingerprint density at radius 1 is 1.26 bits per heavy atom. The SMILES string of the molecule is CCC(NC(=O)/C=C/c1ccsc1)c1ccc2c(c1)CCCC2. The molecule has 0 saturated heterocycles. The van der Waals surface area contributed by atoms with Crippen molar-refractivity contribution < 1.29 is 4.79 Å². The van der Waals surface area contributed by atoms with Gasteiger partial charge in [-0.2, -0.15) is 11.3 Å². The third kappa shape index (κ3) is 4.11. The minimum absolute atomic E-state index is 0.0271. The molecule has 0 spiro atoms. The zero-order chi connectivity index (χ0) is 16.1. The van der Waals surface area contributed by atoms with Gasteiger partial charge >= 0.3 is 0 Å². The first-order valence-electron chi connectivity index (χ1n) is 8.38. The number of rotatable bonds is 5. The average molecular weight is 325 g/mol. The van der Waals surface area contributed by atoms with Gasteiger partial charge in [-0.1, -0.05) is 25.1 Å². The predicted molar refractivity (Wildman–Crippen MR) is 97.6 cm³/mol. The van der Waals surface area contributed by atoms with Gasteiger partial charge in [0.25, 0.3) is 0 Å². The number of fused-ring (bicyclic) bond motifs is 1. The third-order valence-corrected chi connectivity index (χ3v) is 5.17. The molecule has 1 unspecified atom stereocenters. The number of carbonyl (C=O) groups is 1. The van der Waals surface area contributed by atoms with Crippen LogP contribution in [0.15, 0.2) is 41.1 Å². The van der Waals surface area contributed by atoms with E-state index in [-0.39, 0.29) is 11.9 Å². The molecular weight excluding hydrogens is 302 g/mol. The van der Waals surface area contributed by atoms with E-state index in [1.165, 1.54) is 42.4 Å². The normalized spacial score (nSPS) is 15.3. The number of hydrogen-bond donors (Lipinski definition) is 1. The largest absolute Gasteiger partial charge is 0.346 e. The van der Waals surface area contributed by atoms with Gasteiger partial charge < -0.3 is 5.32 Å². The molecule has 1 atom stereocenters. The molecule has 0 aliphatic heterocycles. The predicted octanol–water partition coefficient (Wildman–Crippen LogP) is 4.91. The summed E-state index contributed by atoms with van der Waals surface area (Å²) in [6, 6.07) is 8.82. The number of aryl methyl sites for hydroxylation is 2. The molecule has 0 radical (unpaired) electrons. The molecule has 2 nitrogen and oxygen atoms in total. The number of thiophene rings is 1. The lowest BCUT2D eigenvalue weighted by Gasteiger charge is -2.21. The lowest BCUT2D eigenvalue weighted by Crippen LogP contribution is -2.26. The molecule has 3 heteroatoms. The summed E-state index contributed by atoms with van der Waals surface area (Å²) in [5.74, 6) is -0.0271. The summed E-state index contributed by atoms with van der Waals surface area (Å²) in [4.78, 5) is 12.2. The van der Waals surface area contributed by atoms with Crippen molar-refractivity contribution >= 4 is 23.3 Å². The van der Waals surface area contributed by atoms with Crippen LogP contribution in [0.25, 0.3) is 6.08 Å².